The molecule has 9 nitrogen and oxygen atoms in total. The molecule has 4 rings (SSSR count). The van der Waals surface area contributed by atoms with Crippen LogP contribution in [0.15, 0.2) is 60.7 Å². The Balaban J connectivity index is 1.48. The highest BCUT2D eigenvalue weighted by Gasteiger charge is 2.26. The Morgan fingerprint density at radius 2 is 1.38 bits per heavy atom. The summed E-state index contributed by atoms with van der Waals surface area (Å²) in [4.78, 5) is 29.9. The normalized spacial score (nSPS) is 13.2. The molecule has 0 aliphatic carbocycles. The van der Waals surface area contributed by atoms with Crippen molar-refractivity contribution in [3.05, 3.63) is 71.8 Å². The lowest BCUT2D eigenvalue weighted by atomic mass is 9.97. The van der Waals surface area contributed by atoms with Crippen molar-refractivity contribution in [2.75, 3.05) is 61.2 Å². The van der Waals surface area contributed by atoms with E-state index in [1.165, 1.54) is 21.3 Å². The first-order chi connectivity index (χ1) is 20.4. The number of nitrogens with zero attached hydrogens (tertiary/aromatic N) is 2. The van der Waals surface area contributed by atoms with Gasteiger partial charge in [0.25, 0.3) is 5.91 Å². The van der Waals surface area contributed by atoms with Gasteiger partial charge in [-0.05, 0) is 42.3 Å². The Morgan fingerprint density at radius 3 is 2.00 bits per heavy atom. The standard InChI is InChI=1S/C33H38N2O7/c1-6-20-42-26-12-8-7-11-25(26)31-23(10-9-13-27(31)38-2)14-15-30(36)34-16-18-35(19-17-34)33(37)24-21-28(39-3)32(41-5)29(22-24)40-4/h7-15,21-22H,6,16-20H2,1-5H3. The summed E-state index contributed by atoms with van der Waals surface area (Å²) in [7, 11) is 6.17. The third-order valence-electron chi connectivity index (χ3n) is 7.09. The van der Waals surface area contributed by atoms with Crippen molar-refractivity contribution < 1.29 is 33.3 Å². The van der Waals surface area contributed by atoms with Gasteiger partial charge < -0.3 is 33.5 Å². The van der Waals surface area contributed by atoms with E-state index in [9.17, 15) is 9.59 Å². The molecule has 0 N–H and O–H groups in total. The number of benzene rings is 3. The molecule has 1 saturated heterocycles. The molecule has 2 amide bonds. The maximum atomic E-state index is 13.3. The third kappa shape index (κ3) is 6.62. The van der Waals surface area contributed by atoms with Gasteiger partial charge in [-0.1, -0.05) is 37.3 Å². The second-order valence-electron chi connectivity index (χ2n) is 9.63. The average Bonchev–Trinajstić information content (AvgIpc) is 3.05. The molecule has 1 heterocycles. The Bertz CT molecular complexity index is 1400. The number of amides is 2. The third-order valence-corrected chi connectivity index (χ3v) is 7.09. The average molecular weight is 575 g/mol. The predicted molar refractivity (Wildman–Crippen MR) is 162 cm³/mol. The number of rotatable bonds is 11. The lowest BCUT2D eigenvalue weighted by Crippen LogP contribution is -2.50. The van der Waals surface area contributed by atoms with Gasteiger partial charge in [-0.25, -0.2) is 0 Å². The number of methoxy groups -OCH3 is 4. The molecule has 1 aliphatic rings. The molecule has 9 heteroatoms. The monoisotopic (exact) mass is 574 g/mol. The Kier molecular flexibility index (Phi) is 10.3. The maximum absolute atomic E-state index is 13.3. The van der Waals surface area contributed by atoms with Crippen molar-refractivity contribution in [1.82, 2.24) is 9.80 Å². The molecule has 0 saturated carbocycles. The zero-order chi connectivity index (χ0) is 30.1. The molecule has 3 aromatic rings. The van der Waals surface area contributed by atoms with Gasteiger partial charge in [-0.15, -0.1) is 0 Å². The largest absolute Gasteiger partial charge is 0.496 e. The van der Waals surface area contributed by atoms with Crippen molar-refractivity contribution in [2.45, 2.75) is 13.3 Å². The molecule has 1 fully saturated rings. The van der Waals surface area contributed by atoms with Crippen LogP contribution in [0.25, 0.3) is 17.2 Å². The highest BCUT2D eigenvalue weighted by molar-refractivity contribution is 5.97. The van der Waals surface area contributed by atoms with Crippen LogP contribution < -0.4 is 23.7 Å². The van der Waals surface area contributed by atoms with Gasteiger partial charge >= 0.3 is 0 Å². The molecule has 0 atom stereocenters. The van der Waals surface area contributed by atoms with E-state index in [1.807, 2.05) is 48.5 Å². The summed E-state index contributed by atoms with van der Waals surface area (Å²) in [6.45, 7) is 4.30. The molecular weight excluding hydrogens is 536 g/mol. The minimum Gasteiger partial charge on any atom is -0.496 e. The fraction of sp³-hybridized carbons (Fsp3) is 0.333. The molecule has 0 bridgehead atoms. The van der Waals surface area contributed by atoms with Gasteiger partial charge in [0.05, 0.1) is 35.0 Å². The SMILES string of the molecule is CCCOc1ccccc1-c1c(C=CC(=O)N2CCN(C(=O)c3cc(OC)c(OC)c(OC)c3)CC2)cccc1OC. The number of ether oxygens (including phenoxy) is 5. The van der Waals surface area contributed by atoms with Gasteiger partial charge in [-0.3, -0.25) is 9.59 Å². The van der Waals surface area contributed by atoms with Crippen LogP contribution in [0.1, 0.15) is 29.3 Å². The van der Waals surface area contributed by atoms with E-state index in [1.54, 1.807) is 35.1 Å². The number of hydrogen-bond acceptors (Lipinski definition) is 7. The second kappa shape index (κ2) is 14.3. The summed E-state index contributed by atoms with van der Waals surface area (Å²) in [5.41, 5.74) is 3.02. The molecule has 0 spiro atoms. The molecular formula is C33H38N2O7. The first kappa shape index (κ1) is 30.3. The van der Waals surface area contributed by atoms with Crippen LogP contribution in [0.5, 0.6) is 28.7 Å². The van der Waals surface area contributed by atoms with Crippen LogP contribution in [0.3, 0.4) is 0 Å². The van der Waals surface area contributed by atoms with Crippen molar-refractivity contribution >= 4 is 17.9 Å². The van der Waals surface area contributed by atoms with Gasteiger partial charge in [0.1, 0.15) is 11.5 Å². The Labute approximate surface area is 247 Å². The number of para-hydroxylation sites is 1. The van der Waals surface area contributed by atoms with E-state index in [0.717, 1.165) is 28.9 Å². The van der Waals surface area contributed by atoms with Crippen LogP contribution >= 0.6 is 0 Å². The van der Waals surface area contributed by atoms with Gasteiger partial charge in [0.2, 0.25) is 11.7 Å². The number of carbonyl (C=O) groups excluding carboxylic acids is 2. The van der Waals surface area contributed by atoms with Crippen molar-refractivity contribution in [2.24, 2.45) is 0 Å². The first-order valence-corrected chi connectivity index (χ1v) is 13.9. The van der Waals surface area contributed by atoms with E-state index < -0.39 is 0 Å². The fourth-order valence-electron chi connectivity index (χ4n) is 4.94. The summed E-state index contributed by atoms with van der Waals surface area (Å²) in [6.07, 6.45) is 4.28. The highest BCUT2D eigenvalue weighted by Crippen LogP contribution is 2.40. The molecule has 222 valence electrons. The summed E-state index contributed by atoms with van der Waals surface area (Å²) in [6, 6.07) is 16.9. The van der Waals surface area contributed by atoms with E-state index >= 15 is 0 Å². The van der Waals surface area contributed by atoms with E-state index in [-0.39, 0.29) is 11.8 Å². The number of hydrogen-bond donors (Lipinski definition) is 0. The van der Waals surface area contributed by atoms with E-state index in [0.29, 0.717) is 61.3 Å². The summed E-state index contributed by atoms with van der Waals surface area (Å²) >= 11 is 0. The quantitative estimate of drug-likeness (QED) is 0.292. The van der Waals surface area contributed by atoms with Crippen LogP contribution in [-0.4, -0.2) is 82.8 Å². The molecule has 42 heavy (non-hydrogen) atoms. The lowest BCUT2D eigenvalue weighted by molar-refractivity contribution is -0.127. The topological polar surface area (TPSA) is 86.8 Å². The zero-order valence-electron chi connectivity index (χ0n) is 24.8. The number of carbonyl (C=O) groups is 2. The lowest BCUT2D eigenvalue weighted by Gasteiger charge is -2.34. The Morgan fingerprint density at radius 1 is 0.762 bits per heavy atom. The summed E-state index contributed by atoms with van der Waals surface area (Å²) in [5.74, 6) is 2.41. The van der Waals surface area contributed by atoms with Crippen LogP contribution in [0, 0.1) is 0 Å². The second-order valence-corrected chi connectivity index (χ2v) is 9.63. The van der Waals surface area contributed by atoms with Crippen molar-refractivity contribution in [3.63, 3.8) is 0 Å². The molecule has 3 aromatic carbocycles. The molecule has 0 radical (unpaired) electrons. The van der Waals surface area contributed by atoms with Gasteiger partial charge in [0.15, 0.2) is 11.5 Å². The molecule has 0 unspecified atom stereocenters. The van der Waals surface area contributed by atoms with Gasteiger partial charge in [-0.2, -0.15) is 0 Å². The van der Waals surface area contributed by atoms with E-state index in [4.69, 9.17) is 23.7 Å². The first-order valence-electron chi connectivity index (χ1n) is 13.9. The molecule has 0 aromatic heterocycles. The predicted octanol–water partition coefficient (Wildman–Crippen LogP) is 5.17. The highest BCUT2D eigenvalue weighted by atomic mass is 16.5. The van der Waals surface area contributed by atoms with E-state index in [2.05, 4.69) is 6.92 Å². The number of piperazine rings is 1. The Hall–Kier alpha value is -4.66. The minimum atomic E-state index is -0.165. The van der Waals surface area contributed by atoms with Crippen molar-refractivity contribution in [3.8, 4) is 39.9 Å². The van der Waals surface area contributed by atoms with Crippen molar-refractivity contribution in [1.29, 1.82) is 0 Å². The minimum absolute atomic E-state index is 0.126. The summed E-state index contributed by atoms with van der Waals surface area (Å²) in [5, 5.41) is 0. The van der Waals surface area contributed by atoms with Crippen LogP contribution in [0.2, 0.25) is 0 Å². The summed E-state index contributed by atoms with van der Waals surface area (Å²) < 4.78 is 27.8. The fourth-order valence-corrected chi connectivity index (χ4v) is 4.94. The zero-order valence-corrected chi connectivity index (χ0v) is 24.8. The molecule has 1 aliphatic heterocycles. The van der Waals surface area contributed by atoms with Gasteiger partial charge in [0, 0.05) is 48.9 Å². The maximum Gasteiger partial charge on any atom is 0.254 e. The smallest absolute Gasteiger partial charge is 0.254 e. The van der Waals surface area contributed by atoms with Crippen LogP contribution in [0.4, 0.5) is 0 Å². The van der Waals surface area contributed by atoms with Crippen LogP contribution in [-0.2, 0) is 4.79 Å².